The average molecular weight is 239 g/mol. The van der Waals surface area contributed by atoms with Crippen LogP contribution in [0.2, 0.25) is 0 Å². The van der Waals surface area contributed by atoms with Crippen LogP contribution < -0.4 is 5.32 Å². The maximum Gasteiger partial charge on any atom is 0.221 e. The second-order valence-electron chi connectivity index (χ2n) is 4.45. The number of amides is 1. The third-order valence-corrected chi connectivity index (χ3v) is 2.60. The minimum Gasteiger partial charge on any atom is -0.396 e. The Bertz CT molecular complexity index is 349. The lowest BCUT2D eigenvalue weighted by molar-refractivity contribution is -0.121. The highest BCUT2D eigenvalue weighted by Crippen LogP contribution is 1.99. The summed E-state index contributed by atoms with van der Waals surface area (Å²) in [5, 5.41) is 15.7. The van der Waals surface area contributed by atoms with Crippen molar-refractivity contribution in [3.8, 4) is 0 Å². The van der Waals surface area contributed by atoms with Gasteiger partial charge in [0.25, 0.3) is 0 Å². The molecule has 0 aliphatic carbocycles. The van der Waals surface area contributed by atoms with Crippen LogP contribution in [0, 0.1) is 12.8 Å². The van der Waals surface area contributed by atoms with Gasteiger partial charge in [-0.1, -0.05) is 6.92 Å². The van der Waals surface area contributed by atoms with Crippen molar-refractivity contribution in [3.05, 3.63) is 18.0 Å². The van der Waals surface area contributed by atoms with Gasteiger partial charge in [0, 0.05) is 32.3 Å². The Kier molecular flexibility index (Phi) is 5.69. The first-order valence-corrected chi connectivity index (χ1v) is 5.98. The van der Waals surface area contributed by atoms with E-state index in [0.717, 1.165) is 12.0 Å². The second-order valence-corrected chi connectivity index (χ2v) is 4.45. The highest BCUT2D eigenvalue weighted by atomic mass is 16.3. The number of carbonyl (C=O) groups is 1. The van der Waals surface area contributed by atoms with Crippen molar-refractivity contribution in [1.82, 2.24) is 15.1 Å². The number of aryl methyl sites for hydroxylation is 2. The molecule has 0 aromatic carbocycles. The molecule has 0 spiro atoms. The Morgan fingerprint density at radius 3 is 3.00 bits per heavy atom. The summed E-state index contributed by atoms with van der Waals surface area (Å²) in [6.45, 7) is 5.38. The van der Waals surface area contributed by atoms with Crippen molar-refractivity contribution in [2.75, 3.05) is 13.2 Å². The summed E-state index contributed by atoms with van der Waals surface area (Å²) in [6.07, 6.45) is 4.86. The Balaban J connectivity index is 2.17. The van der Waals surface area contributed by atoms with E-state index >= 15 is 0 Å². The minimum absolute atomic E-state index is 0.0305. The maximum absolute atomic E-state index is 11.5. The molecule has 1 heterocycles. The number of carbonyl (C=O) groups excluding carboxylic acids is 1. The van der Waals surface area contributed by atoms with Gasteiger partial charge in [0.15, 0.2) is 0 Å². The van der Waals surface area contributed by atoms with Crippen LogP contribution >= 0.6 is 0 Å². The summed E-state index contributed by atoms with van der Waals surface area (Å²) in [4.78, 5) is 11.5. The summed E-state index contributed by atoms with van der Waals surface area (Å²) in [5.41, 5.74) is 1.10. The fourth-order valence-electron chi connectivity index (χ4n) is 1.50. The fourth-order valence-corrected chi connectivity index (χ4v) is 1.50. The van der Waals surface area contributed by atoms with E-state index < -0.39 is 0 Å². The molecule has 1 aromatic rings. The van der Waals surface area contributed by atoms with E-state index in [1.165, 1.54) is 0 Å². The first-order chi connectivity index (χ1) is 8.11. The molecule has 0 radical (unpaired) electrons. The van der Waals surface area contributed by atoms with E-state index in [2.05, 4.69) is 10.4 Å². The van der Waals surface area contributed by atoms with Crippen molar-refractivity contribution in [1.29, 1.82) is 0 Å². The molecule has 96 valence electrons. The van der Waals surface area contributed by atoms with Gasteiger partial charge in [0.2, 0.25) is 5.91 Å². The summed E-state index contributed by atoms with van der Waals surface area (Å²) in [5.74, 6) is 0.346. The lowest BCUT2D eigenvalue weighted by Gasteiger charge is -2.11. The van der Waals surface area contributed by atoms with Gasteiger partial charge in [0.1, 0.15) is 0 Å². The van der Waals surface area contributed by atoms with Crippen molar-refractivity contribution >= 4 is 5.91 Å². The van der Waals surface area contributed by atoms with Gasteiger partial charge in [-0.25, -0.2) is 0 Å². The van der Waals surface area contributed by atoms with E-state index in [9.17, 15) is 4.79 Å². The molecule has 1 amide bonds. The molecule has 1 rings (SSSR count). The van der Waals surface area contributed by atoms with Crippen molar-refractivity contribution in [3.63, 3.8) is 0 Å². The molecule has 17 heavy (non-hydrogen) atoms. The van der Waals surface area contributed by atoms with Gasteiger partial charge in [-0.15, -0.1) is 0 Å². The highest BCUT2D eigenvalue weighted by molar-refractivity contribution is 5.75. The quantitative estimate of drug-likeness (QED) is 0.736. The molecule has 0 saturated heterocycles. The molecule has 0 saturated carbocycles. The van der Waals surface area contributed by atoms with Crippen LogP contribution in [0.4, 0.5) is 0 Å². The summed E-state index contributed by atoms with van der Waals surface area (Å²) in [6, 6.07) is 0. The van der Waals surface area contributed by atoms with E-state index in [1.54, 1.807) is 10.9 Å². The smallest absolute Gasteiger partial charge is 0.221 e. The van der Waals surface area contributed by atoms with E-state index in [4.69, 9.17) is 5.11 Å². The number of hydrogen-bond acceptors (Lipinski definition) is 3. The van der Waals surface area contributed by atoms with Crippen LogP contribution in [0.25, 0.3) is 0 Å². The van der Waals surface area contributed by atoms with Crippen LogP contribution in [0.15, 0.2) is 12.4 Å². The average Bonchev–Trinajstić information content (AvgIpc) is 2.70. The molecule has 5 heteroatoms. The van der Waals surface area contributed by atoms with E-state index in [0.29, 0.717) is 25.4 Å². The lowest BCUT2D eigenvalue weighted by atomic mass is 10.1. The predicted molar refractivity (Wildman–Crippen MR) is 65.5 cm³/mol. The van der Waals surface area contributed by atoms with Crippen LogP contribution in [0.1, 0.15) is 25.3 Å². The third kappa shape index (κ3) is 5.49. The van der Waals surface area contributed by atoms with Crippen molar-refractivity contribution < 1.29 is 9.90 Å². The summed E-state index contributed by atoms with van der Waals surface area (Å²) >= 11 is 0. The Labute approximate surface area is 102 Å². The first-order valence-electron chi connectivity index (χ1n) is 5.98. The number of nitrogens with one attached hydrogen (secondary N) is 1. The largest absolute Gasteiger partial charge is 0.396 e. The van der Waals surface area contributed by atoms with E-state index in [1.807, 2.05) is 20.0 Å². The Morgan fingerprint density at radius 1 is 1.65 bits per heavy atom. The van der Waals surface area contributed by atoms with Crippen LogP contribution in [0.3, 0.4) is 0 Å². The zero-order chi connectivity index (χ0) is 12.7. The van der Waals surface area contributed by atoms with Gasteiger partial charge < -0.3 is 10.4 Å². The zero-order valence-corrected chi connectivity index (χ0v) is 10.5. The van der Waals surface area contributed by atoms with Crippen molar-refractivity contribution in [2.45, 2.75) is 33.2 Å². The number of aliphatic hydroxyl groups is 1. The second kappa shape index (κ2) is 7.06. The third-order valence-electron chi connectivity index (χ3n) is 2.60. The van der Waals surface area contributed by atoms with Gasteiger partial charge in [-0.2, -0.15) is 5.10 Å². The first kappa shape index (κ1) is 13.7. The lowest BCUT2D eigenvalue weighted by Crippen LogP contribution is -2.29. The monoisotopic (exact) mass is 239 g/mol. The minimum atomic E-state index is 0.0305. The Morgan fingerprint density at radius 2 is 2.41 bits per heavy atom. The normalized spacial score (nSPS) is 12.4. The topological polar surface area (TPSA) is 67.2 Å². The van der Waals surface area contributed by atoms with Crippen LogP contribution in [0.5, 0.6) is 0 Å². The molecule has 1 atom stereocenters. The number of rotatable bonds is 7. The number of nitrogens with zero attached hydrogens (tertiary/aromatic N) is 2. The summed E-state index contributed by atoms with van der Waals surface area (Å²) in [7, 11) is 0. The molecule has 0 aliphatic heterocycles. The number of hydrogen-bond donors (Lipinski definition) is 2. The molecule has 2 N–H and O–H groups in total. The molecule has 0 bridgehead atoms. The van der Waals surface area contributed by atoms with Crippen LogP contribution in [-0.4, -0.2) is 33.9 Å². The molecule has 0 fully saturated rings. The molecular formula is C12H21N3O2. The summed E-state index contributed by atoms with van der Waals surface area (Å²) < 4.78 is 1.77. The highest BCUT2D eigenvalue weighted by Gasteiger charge is 2.05. The van der Waals surface area contributed by atoms with Gasteiger partial charge >= 0.3 is 0 Å². The molecule has 5 nitrogen and oxygen atoms in total. The molecule has 1 unspecified atom stereocenters. The predicted octanol–water partition coefficient (Wildman–Crippen LogP) is 0.716. The van der Waals surface area contributed by atoms with E-state index in [-0.39, 0.29) is 12.5 Å². The zero-order valence-electron chi connectivity index (χ0n) is 10.5. The molecule has 1 aromatic heterocycles. The molecule has 0 aliphatic rings. The number of aromatic nitrogens is 2. The maximum atomic E-state index is 11.5. The number of aliphatic hydroxyl groups excluding tert-OH is 1. The SMILES string of the molecule is Cc1cnn(CCC(=O)NCC(C)CCO)c1. The van der Waals surface area contributed by atoms with Gasteiger partial charge in [-0.05, 0) is 24.8 Å². The Hall–Kier alpha value is -1.36. The standard InChI is InChI=1S/C12H21N3O2/c1-10(4-6-16)7-13-12(17)3-5-15-9-11(2)8-14-15/h8-10,16H,3-7H2,1-2H3,(H,13,17). The van der Waals surface area contributed by atoms with Crippen LogP contribution in [-0.2, 0) is 11.3 Å². The van der Waals surface area contributed by atoms with Crippen molar-refractivity contribution in [2.24, 2.45) is 5.92 Å². The molecular weight excluding hydrogens is 218 g/mol. The fraction of sp³-hybridized carbons (Fsp3) is 0.667. The van der Waals surface area contributed by atoms with Gasteiger partial charge in [0.05, 0.1) is 6.20 Å². The van der Waals surface area contributed by atoms with Gasteiger partial charge in [-0.3, -0.25) is 9.48 Å².